The van der Waals surface area contributed by atoms with Crippen LogP contribution in [0.25, 0.3) is 0 Å². The monoisotopic (exact) mass is 283 g/mol. The van der Waals surface area contributed by atoms with Gasteiger partial charge >= 0.3 is 0 Å². The zero-order valence-corrected chi connectivity index (χ0v) is 13.3. The lowest BCUT2D eigenvalue weighted by Crippen LogP contribution is -2.33. The van der Waals surface area contributed by atoms with E-state index >= 15 is 0 Å². The Hall–Kier alpha value is -1.80. The van der Waals surface area contributed by atoms with E-state index in [1.54, 1.807) is 7.11 Å². The topological polar surface area (TPSA) is 12.5 Å². The van der Waals surface area contributed by atoms with Crippen LogP contribution < -0.4 is 4.74 Å². The maximum Gasteiger partial charge on any atom is 0.118 e. The molecule has 2 heteroatoms. The molecule has 0 N–H and O–H groups in total. The van der Waals surface area contributed by atoms with Crippen molar-refractivity contribution in [2.75, 3.05) is 13.7 Å². The highest BCUT2D eigenvalue weighted by Crippen LogP contribution is 2.16. The van der Waals surface area contributed by atoms with Crippen molar-refractivity contribution in [1.29, 1.82) is 0 Å². The van der Waals surface area contributed by atoms with Crippen molar-refractivity contribution in [3.05, 3.63) is 65.7 Å². The summed E-state index contributed by atoms with van der Waals surface area (Å²) in [5.74, 6) is 0.919. The molecule has 0 spiro atoms. The number of benzene rings is 2. The molecule has 2 nitrogen and oxygen atoms in total. The lowest BCUT2D eigenvalue weighted by atomic mass is 10.0. The van der Waals surface area contributed by atoms with Gasteiger partial charge in [-0.15, -0.1) is 0 Å². The molecule has 0 aromatic heterocycles. The summed E-state index contributed by atoms with van der Waals surface area (Å²) < 4.78 is 5.21. The molecule has 2 aromatic carbocycles. The second kappa shape index (κ2) is 7.84. The first-order valence-corrected chi connectivity index (χ1v) is 7.63. The third kappa shape index (κ3) is 4.61. The van der Waals surface area contributed by atoms with E-state index in [-0.39, 0.29) is 0 Å². The summed E-state index contributed by atoms with van der Waals surface area (Å²) in [4.78, 5) is 2.51. The molecule has 0 amide bonds. The molecule has 112 valence electrons. The van der Waals surface area contributed by atoms with Gasteiger partial charge in [-0.1, -0.05) is 49.4 Å². The van der Waals surface area contributed by atoms with Gasteiger partial charge in [0.05, 0.1) is 7.11 Å². The number of nitrogens with zero attached hydrogens (tertiary/aromatic N) is 1. The summed E-state index contributed by atoms with van der Waals surface area (Å²) in [5.41, 5.74) is 2.73. The normalized spacial score (nSPS) is 12.4. The number of rotatable bonds is 7. The van der Waals surface area contributed by atoms with Gasteiger partial charge < -0.3 is 4.74 Å². The molecule has 0 bridgehead atoms. The maximum absolute atomic E-state index is 5.21. The fourth-order valence-corrected chi connectivity index (χ4v) is 2.63. The standard InChI is InChI=1S/C19H25NO/c1-4-20(15-18-8-6-5-7-9-18)16(2)14-17-10-12-19(21-3)13-11-17/h5-13,16H,4,14-15H2,1-3H3. The second-order valence-corrected chi connectivity index (χ2v) is 5.45. The van der Waals surface area contributed by atoms with Crippen LogP contribution in [0.1, 0.15) is 25.0 Å². The summed E-state index contributed by atoms with van der Waals surface area (Å²) in [5, 5.41) is 0. The minimum Gasteiger partial charge on any atom is -0.497 e. The average Bonchev–Trinajstić information content (AvgIpc) is 2.54. The summed E-state index contributed by atoms with van der Waals surface area (Å²) >= 11 is 0. The molecule has 21 heavy (non-hydrogen) atoms. The zero-order valence-electron chi connectivity index (χ0n) is 13.3. The Labute approximate surface area is 128 Å². The van der Waals surface area contributed by atoms with Gasteiger partial charge in [-0.25, -0.2) is 0 Å². The second-order valence-electron chi connectivity index (χ2n) is 5.45. The smallest absolute Gasteiger partial charge is 0.118 e. The molecule has 0 saturated carbocycles. The van der Waals surface area contributed by atoms with Crippen molar-refractivity contribution < 1.29 is 4.74 Å². The SMILES string of the molecule is CCN(Cc1ccccc1)C(C)Cc1ccc(OC)cc1. The van der Waals surface area contributed by atoms with E-state index in [0.29, 0.717) is 6.04 Å². The molecule has 0 aliphatic rings. The van der Waals surface area contributed by atoms with Crippen molar-refractivity contribution >= 4 is 0 Å². The predicted octanol–water partition coefficient (Wildman–Crippen LogP) is 4.15. The van der Waals surface area contributed by atoms with Gasteiger partial charge in [-0.3, -0.25) is 4.90 Å². The van der Waals surface area contributed by atoms with Crippen LogP contribution in [0.15, 0.2) is 54.6 Å². The predicted molar refractivity (Wildman–Crippen MR) is 88.7 cm³/mol. The molecule has 0 aliphatic carbocycles. The van der Waals surface area contributed by atoms with E-state index in [2.05, 4.69) is 61.2 Å². The van der Waals surface area contributed by atoms with E-state index in [1.807, 2.05) is 12.1 Å². The lowest BCUT2D eigenvalue weighted by Gasteiger charge is -2.28. The van der Waals surface area contributed by atoms with E-state index in [0.717, 1.165) is 25.3 Å². The minimum atomic E-state index is 0.517. The van der Waals surface area contributed by atoms with Crippen LogP contribution in [0, 0.1) is 0 Å². The Morgan fingerprint density at radius 1 is 0.952 bits per heavy atom. The van der Waals surface area contributed by atoms with Crippen LogP contribution in [0.2, 0.25) is 0 Å². The summed E-state index contributed by atoms with van der Waals surface area (Å²) in [6.45, 7) is 6.60. The molecule has 0 fully saturated rings. The van der Waals surface area contributed by atoms with Crippen LogP contribution in [0.4, 0.5) is 0 Å². The molecule has 0 aliphatic heterocycles. The number of methoxy groups -OCH3 is 1. The van der Waals surface area contributed by atoms with Crippen molar-refractivity contribution in [3.8, 4) is 5.75 Å². The van der Waals surface area contributed by atoms with E-state index in [1.165, 1.54) is 11.1 Å². The van der Waals surface area contributed by atoms with Crippen molar-refractivity contribution in [2.45, 2.75) is 32.9 Å². The first kappa shape index (κ1) is 15.6. The van der Waals surface area contributed by atoms with Gasteiger partial charge in [0.15, 0.2) is 0 Å². The van der Waals surface area contributed by atoms with Gasteiger partial charge in [0.2, 0.25) is 0 Å². The molecule has 2 aromatic rings. The molecule has 1 unspecified atom stereocenters. The van der Waals surface area contributed by atoms with Crippen LogP contribution >= 0.6 is 0 Å². The fraction of sp³-hybridized carbons (Fsp3) is 0.368. The Bertz CT molecular complexity index is 521. The Morgan fingerprint density at radius 3 is 2.19 bits per heavy atom. The van der Waals surface area contributed by atoms with Gasteiger partial charge in [0.25, 0.3) is 0 Å². The van der Waals surface area contributed by atoms with Gasteiger partial charge in [0, 0.05) is 12.6 Å². The quantitative estimate of drug-likeness (QED) is 0.757. The molecule has 0 saturated heterocycles. The number of hydrogen-bond acceptors (Lipinski definition) is 2. The molecule has 2 rings (SSSR count). The van der Waals surface area contributed by atoms with E-state index in [9.17, 15) is 0 Å². The maximum atomic E-state index is 5.21. The zero-order chi connectivity index (χ0) is 15.1. The van der Waals surface area contributed by atoms with Gasteiger partial charge in [-0.05, 0) is 43.1 Å². The highest BCUT2D eigenvalue weighted by Gasteiger charge is 2.13. The van der Waals surface area contributed by atoms with Crippen molar-refractivity contribution in [1.82, 2.24) is 4.90 Å². The van der Waals surface area contributed by atoms with Crippen LogP contribution in [0.3, 0.4) is 0 Å². The first-order valence-electron chi connectivity index (χ1n) is 7.63. The Balaban J connectivity index is 1.97. The highest BCUT2D eigenvalue weighted by molar-refractivity contribution is 5.27. The number of ether oxygens (including phenoxy) is 1. The third-order valence-corrected chi connectivity index (χ3v) is 3.95. The Kier molecular flexibility index (Phi) is 5.82. The molecular weight excluding hydrogens is 258 g/mol. The van der Waals surface area contributed by atoms with Gasteiger partial charge in [0.1, 0.15) is 5.75 Å². The molecule has 1 atom stereocenters. The third-order valence-electron chi connectivity index (χ3n) is 3.95. The highest BCUT2D eigenvalue weighted by atomic mass is 16.5. The summed E-state index contributed by atoms with van der Waals surface area (Å²) in [7, 11) is 1.70. The summed E-state index contributed by atoms with van der Waals surface area (Å²) in [6.07, 6.45) is 1.06. The number of likely N-dealkylation sites (N-methyl/N-ethyl adjacent to an activating group) is 1. The van der Waals surface area contributed by atoms with E-state index < -0.39 is 0 Å². The number of hydrogen-bond donors (Lipinski definition) is 0. The fourth-order valence-electron chi connectivity index (χ4n) is 2.63. The molecular formula is C19H25NO. The van der Waals surface area contributed by atoms with Crippen LogP contribution in [-0.4, -0.2) is 24.6 Å². The Morgan fingerprint density at radius 2 is 1.62 bits per heavy atom. The molecule has 0 heterocycles. The van der Waals surface area contributed by atoms with Crippen molar-refractivity contribution in [3.63, 3.8) is 0 Å². The first-order chi connectivity index (χ1) is 10.2. The van der Waals surface area contributed by atoms with Crippen LogP contribution in [-0.2, 0) is 13.0 Å². The average molecular weight is 283 g/mol. The molecule has 0 radical (unpaired) electrons. The van der Waals surface area contributed by atoms with Gasteiger partial charge in [-0.2, -0.15) is 0 Å². The summed E-state index contributed by atoms with van der Waals surface area (Å²) in [6, 6.07) is 19.6. The van der Waals surface area contributed by atoms with Crippen molar-refractivity contribution in [2.24, 2.45) is 0 Å². The van der Waals surface area contributed by atoms with E-state index in [4.69, 9.17) is 4.74 Å². The minimum absolute atomic E-state index is 0.517. The lowest BCUT2D eigenvalue weighted by molar-refractivity contribution is 0.209. The largest absolute Gasteiger partial charge is 0.497 e. The van der Waals surface area contributed by atoms with Crippen LogP contribution in [0.5, 0.6) is 5.75 Å².